The number of methoxy groups -OCH3 is 2. The first-order valence-electron chi connectivity index (χ1n) is 11.1. The molecule has 4 aromatic rings. The maximum atomic E-state index is 5.81. The zero-order valence-electron chi connectivity index (χ0n) is 19.6. The normalized spacial score (nSPS) is 15.7. The quantitative estimate of drug-likeness (QED) is 0.354. The van der Waals surface area contributed by atoms with Crippen LogP contribution in [0.15, 0.2) is 89.1 Å². The SMILES string of the molecule is COc1ccc(-c2noc(C3=C(C)N(c4ccc(OC)cc4)C(=S)NC3c3ccccc3)n2)cc1. The number of rotatable bonds is 6. The van der Waals surface area contributed by atoms with E-state index in [0.29, 0.717) is 16.8 Å². The van der Waals surface area contributed by atoms with Crippen LogP contribution in [0, 0.1) is 0 Å². The minimum Gasteiger partial charge on any atom is -0.497 e. The van der Waals surface area contributed by atoms with E-state index in [1.807, 2.05) is 78.6 Å². The number of anilines is 1. The van der Waals surface area contributed by atoms with E-state index in [4.69, 9.17) is 31.2 Å². The Balaban J connectivity index is 1.61. The van der Waals surface area contributed by atoms with Crippen molar-refractivity contribution in [2.75, 3.05) is 19.1 Å². The Morgan fingerprint density at radius 1 is 0.886 bits per heavy atom. The molecule has 176 valence electrons. The average Bonchev–Trinajstić information content (AvgIpc) is 3.39. The molecule has 8 heteroatoms. The maximum absolute atomic E-state index is 5.81. The number of nitrogens with one attached hydrogen (secondary N) is 1. The summed E-state index contributed by atoms with van der Waals surface area (Å²) in [6.07, 6.45) is 0. The van der Waals surface area contributed by atoms with Crippen molar-refractivity contribution in [1.29, 1.82) is 0 Å². The van der Waals surface area contributed by atoms with Gasteiger partial charge in [-0.25, -0.2) is 0 Å². The molecule has 7 nitrogen and oxygen atoms in total. The van der Waals surface area contributed by atoms with Gasteiger partial charge in [0.05, 0.1) is 25.8 Å². The van der Waals surface area contributed by atoms with Gasteiger partial charge in [0.15, 0.2) is 5.11 Å². The second-order valence-electron chi connectivity index (χ2n) is 7.98. The van der Waals surface area contributed by atoms with Crippen molar-refractivity contribution >= 4 is 28.6 Å². The number of allylic oxidation sites excluding steroid dienone is 1. The third kappa shape index (κ3) is 4.36. The highest BCUT2D eigenvalue weighted by molar-refractivity contribution is 7.80. The fraction of sp³-hybridized carbons (Fsp3) is 0.148. The summed E-state index contributed by atoms with van der Waals surface area (Å²) >= 11 is 5.80. The van der Waals surface area contributed by atoms with E-state index in [1.54, 1.807) is 14.2 Å². The number of benzene rings is 3. The summed E-state index contributed by atoms with van der Waals surface area (Å²) in [7, 11) is 3.28. The van der Waals surface area contributed by atoms with E-state index in [-0.39, 0.29) is 6.04 Å². The molecule has 3 aromatic carbocycles. The molecular formula is C27H24N4O3S. The Kier molecular flexibility index (Phi) is 6.20. The molecule has 0 saturated carbocycles. The van der Waals surface area contributed by atoms with Crippen LogP contribution in [-0.2, 0) is 0 Å². The number of ether oxygens (including phenoxy) is 2. The van der Waals surface area contributed by atoms with E-state index in [2.05, 4.69) is 22.6 Å². The summed E-state index contributed by atoms with van der Waals surface area (Å²) in [6, 6.07) is 25.1. The van der Waals surface area contributed by atoms with Crippen LogP contribution < -0.4 is 19.7 Å². The van der Waals surface area contributed by atoms with E-state index in [0.717, 1.165) is 39.6 Å². The van der Waals surface area contributed by atoms with Crippen LogP contribution in [0.1, 0.15) is 24.4 Å². The molecule has 0 radical (unpaired) electrons. The van der Waals surface area contributed by atoms with Crippen LogP contribution in [0.4, 0.5) is 5.69 Å². The zero-order chi connectivity index (χ0) is 24.4. The lowest BCUT2D eigenvalue weighted by molar-refractivity contribution is 0.404. The van der Waals surface area contributed by atoms with Gasteiger partial charge in [-0.3, -0.25) is 4.90 Å². The second-order valence-corrected chi connectivity index (χ2v) is 8.36. The van der Waals surface area contributed by atoms with Crippen molar-refractivity contribution in [2.45, 2.75) is 13.0 Å². The monoisotopic (exact) mass is 484 g/mol. The molecule has 0 fully saturated rings. The Bertz CT molecular complexity index is 1370. The van der Waals surface area contributed by atoms with E-state index in [9.17, 15) is 0 Å². The molecule has 2 heterocycles. The largest absolute Gasteiger partial charge is 0.497 e. The highest BCUT2D eigenvalue weighted by Gasteiger charge is 2.34. The van der Waals surface area contributed by atoms with Crippen LogP contribution in [-0.4, -0.2) is 29.5 Å². The summed E-state index contributed by atoms with van der Waals surface area (Å²) in [5.74, 6) is 2.46. The van der Waals surface area contributed by atoms with Gasteiger partial charge in [0.25, 0.3) is 5.89 Å². The van der Waals surface area contributed by atoms with Crippen molar-refractivity contribution in [3.63, 3.8) is 0 Å². The molecule has 0 spiro atoms. The first kappa shape index (κ1) is 22.6. The highest BCUT2D eigenvalue weighted by Crippen LogP contribution is 2.39. The first-order chi connectivity index (χ1) is 17.1. The Morgan fingerprint density at radius 2 is 1.51 bits per heavy atom. The number of nitrogens with zero attached hydrogens (tertiary/aromatic N) is 3. The topological polar surface area (TPSA) is 72.7 Å². The Morgan fingerprint density at radius 3 is 2.14 bits per heavy atom. The van der Waals surface area contributed by atoms with Crippen LogP contribution in [0.25, 0.3) is 17.0 Å². The van der Waals surface area contributed by atoms with Gasteiger partial charge >= 0.3 is 0 Å². The molecule has 1 atom stereocenters. The molecule has 0 saturated heterocycles. The summed E-state index contributed by atoms with van der Waals surface area (Å²) in [5.41, 5.74) is 4.54. The smallest absolute Gasteiger partial charge is 0.258 e. The van der Waals surface area contributed by atoms with Gasteiger partial charge in [0.1, 0.15) is 11.5 Å². The van der Waals surface area contributed by atoms with E-state index in [1.165, 1.54) is 0 Å². The molecule has 0 amide bonds. The zero-order valence-corrected chi connectivity index (χ0v) is 20.4. The average molecular weight is 485 g/mol. The van der Waals surface area contributed by atoms with Crippen molar-refractivity contribution in [3.05, 3.63) is 96.0 Å². The molecule has 1 aliphatic heterocycles. The van der Waals surface area contributed by atoms with Gasteiger partial charge in [-0.05, 0) is 73.2 Å². The van der Waals surface area contributed by atoms with Crippen LogP contribution in [0.5, 0.6) is 11.5 Å². The molecular weight excluding hydrogens is 460 g/mol. The predicted octanol–water partition coefficient (Wildman–Crippen LogP) is 5.62. The van der Waals surface area contributed by atoms with E-state index >= 15 is 0 Å². The molecule has 0 bridgehead atoms. The summed E-state index contributed by atoms with van der Waals surface area (Å²) in [4.78, 5) is 6.73. The fourth-order valence-electron chi connectivity index (χ4n) is 4.15. The van der Waals surface area contributed by atoms with Crippen molar-refractivity contribution in [1.82, 2.24) is 15.5 Å². The van der Waals surface area contributed by atoms with Gasteiger partial charge in [-0.1, -0.05) is 35.5 Å². The predicted molar refractivity (Wildman–Crippen MR) is 139 cm³/mol. The molecule has 5 rings (SSSR count). The molecule has 1 aromatic heterocycles. The minimum atomic E-state index is -0.248. The summed E-state index contributed by atoms with van der Waals surface area (Å²) in [6.45, 7) is 2.01. The number of hydrogen-bond acceptors (Lipinski definition) is 6. The van der Waals surface area contributed by atoms with Crippen molar-refractivity contribution in [3.8, 4) is 22.9 Å². The lowest BCUT2D eigenvalue weighted by Gasteiger charge is -2.37. The molecule has 35 heavy (non-hydrogen) atoms. The van der Waals surface area contributed by atoms with Gasteiger partial charge in [-0.2, -0.15) is 4.98 Å². The maximum Gasteiger partial charge on any atom is 0.258 e. The van der Waals surface area contributed by atoms with Crippen LogP contribution in [0.3, 0.4) is 0 Å². The minimum absolute atomic E-state index is 0.248. The van der Waals surface area contributed by atoms with Gasteiger partial charge in [0.2, 0.25) is 5.82 Å². The molecule has 1 unspecified atom stereocenters. The third-order valence-electron chi connectivity index (χ3n) is 5.95. The number of aromatic nitrogens is 2. The number of hydrogen-bond donors (Lipinski definition) is 1. The third-order valence-corrected chi connectivity index (χ3v) is 6.25. The lowest BCUT2D eigenvalue weighted by atomic mass is 9.94. The van der Waals surface area contributed by atoms with Crippen LogP contribution in [0.2, 0.25) is 0 Å². The Labute approximate surface area is 209 Å². The van der Waals surface area contributed by atoms with Crippen molar-refractivity contribution < 1.29 is 14.0 Å². The molecule has 1 N–H and O–H groups in total. The second kappa shape index (κ2) is 9.60. The summed E-state index contributed by atoms with van der Waals surface area (Å²) in [5, 5.41) is 8.32. The summed E-state index contributed by atoms with van der Waals surface area (Å²) < 4.78 is 16.4. The fourth-order valence-corrected chi connectivity index (χ4v) is 4.51. The van der Waals surface area contributed by atoms with Gasteiger partial charge < -0.3 is 19.3 Å². The van der Waals surface area contributed by atoms with E-state index < -0.39 is 0 Å². The first-order valence-corrected chi connectivity index (χ1v) is 11.5. The van der Waals surface area contributed by atoms with Crippen molar-refractivity contribution in [2.24, 2.45) is 0 Å². The standard InChI is InChI=1S/C27H24N4O3S/c1-17-23(26-29-25(30-34-26)19-9-13-21(32-2)14-10-19)24(18-7-5-4-6-8-18)28-27(35)31(17)20-11-15-22(33-3)16-12-20/h4-16,24H,1-3H3,(H,28,35). The van der Waals surface area contributed by atoms with Crippen LogP contribution >= 0.6 is 12.2 Å². The lowest BCUT2D eigenvalue weighted by Crippen LogP contribution is -2.46. The van der Waals surface area contributed by atoms with Gasteiger partial charge in [-0.15, -0.1) is 0 Å². The highest BCUT2D eigenvalue weighted by atomic mass is 32.1. The molecule has 1 aliphatic rings. The number of thiocarbonyl (C=S) groups is 1. The molecule has 0 aliphatic carbocycles. The Hall–Kier alpha value is -4.17. The van der Waals surface area contributed by atoms with Gasteiger partial charge in [0, 0.05) is 16.9 Å².